The predicted octanol–water partition coefficient (Wildman–Crippen LogP) is 3.56. The van der Waals surface area contributed by atoms with Gasteiger partial charge in [-0.2, -0.15) is 0 Å². The van der Waals surface area contributed by atoms with Crippen LogP contribution in [0.25, 0.3) is 0 Å². The van der Waals surface area contributed by atoms with E-state index in [-0.39, 0.29) is 5.41 Å². The van der Waals surface area contributed by atoms with Crippen LogP contribution in [0.2, 0.25) is 0 Å². The average Bonchev–Trinajstić information content (AvgIpc) is 3.23. The van der Waals surface area contributed by atoms with Gasteiger partial charge in [0.15, 0.2) is 0 Å². The first kappa shape index (κ1) is 13.9. The summed E-state index contributed by atoms with van der Waals surface area (Å²) < 4.78 is 0. The zero-order chi connectivity index (χ0) is 14.4. The van der Waals surface area contributed by atoms with E-state index in [0.717, 1.165) is 25.6 Å². The normalized spacial score (nSPS) is 27.7. The van der Waals surface area contributed by atoms with E-state index in [1.54, 1.807) is 0 Å². The van der Waals surface area contributed by atoms with E-state index >= 15 is 0 Å². The lowest BCUT2D eigenvalue weighted by atomic mass is 9.87. The van der Waals surface area contributed by atoms with Crippen LogP contribution in [0.5, 0.6) is 0 Å². The molecule has 0 bridgehead atoms. The fraction of sp³-hybridized carbons (Fsp3) is 0.667. The molecule has 2 nitrogen and oxygen atoms in total. The number of rotatable bonds is 2. The van der Waals surface area contributed by atoms with Gasteiger partial charge >= 0.3 is 0 Å². The summed E-state index contributed by atoms with van der Waals surface area (Å²) in [4.78, 5) is 2.56. The number of benzene rings is 1. The maximum Gasteiger partial charge on any atom is 0.0367 e. The lowest BCUT2D eigenvalue weighted by Crippen LogP contribution is -2.60. The summed E-state index contributed by atoms with van der Waals surface area (Å²) in [6.45, 7) is 12.6. The smallest absolute Gasteiger partial charge is 0.0367 e. The van der Waals surface area contributed by atoms with Gasteiger partial charge in [0.05, 0.1) is 0 Å². The van der Waals surface area contributed by atoms with Gasteiger partial charge in [-0.15, -0.1) is 0 Å². The van der Waals surface area contributed by atoms with Crippen molar-refractivity contribution in [3.63, 3.8) is 0 Å². The molecule has 0 radical (unpaired) electrons. The largest absolute Gasteiger partial charge is 0.368 e. The van der Waals surface area contributed by atoms with Gasteiger partial charge < -0.3 is 10.2 Å². The first-order valence-electron chi connectivity index (χ1n) is 7.99. The molecule has 1 aromatic carbocycles. The zero-order valence-corrected chi connectivity index (χ0v) is 13.4. The van der Waals surface area contributed by atoms with E-state index in [1.807, 2.05) is 0 Å². The molecule has 1 saturated carbocycles. The van der Waals surface area contributed by atoms with Crippen molar-refractivity contribution in [3.05, 3.63) is 29.8 Å². The van der Waals surface area contributed by atoms with Crippen molar-refractivity contribution >= 4 is 5.69 Å². The van der Waals surface area contributed by atoms with Crippen LogP contribution in [-0.4, -0.2) is 25.2 Å². The Kier molecular flexibility index (Phi) is 3.32. The maximum absolute atomic E-state index is 3.75. The van der Waals surface area contributed by atoms with Crippen molar-refractivity contribution in [2.75, 3.05) is 24.5 Å². The van der Waals surface area contributed by atoms with Gasteiger partial charge in [-0.25, -0.2) is 0 Å². The lowest BCUT2D eigenvalue weighted by Gasteiger charge is -2.43. The van der Waals surface area contributed by atoms with Crippen LogP contribution in [0, 0.1) is 5.92 Å². The number of hydrogen-bond acceptors (Lipinski definition) is 2. The van der Waals surface area contributed by atoms with Crippen molar-refractivity contribution < 1.29 is 0 Å². The van der Waals surface area contributed by atoms with Crippen LogP contribution in [0.3, 0.4) is 0 Å². The summed E-state index contributed by atoms with van der Waals surface area (Å²) >= 11 is 0. The third-order valence-corrected chi connectivity index (χ3v) is 5.01. The Morgan fingerprint density at radius 2 is 1.80 bits per heavy atom. The summed E-state index contributed by atoms with van der Waals surface area (Å²) in [7, 11) is 0. The molecule has 1 saturated heterocycles. The van der Waals surface area contributed by atoms with Crippen molar-refractivity contribution in [1.29, 1.82) is 0 Å². The Balaban J connectivity index is 1.75. The van der Waals surface area contributed by atoms with Crippen molar-refractivity contribution in [2.24, 2.45) is 5.92 Å². The molecule has 1 aliphatic carbocycles. The van der Waals surface area contributed by atoms with E-state index in [9.17, 15) is 0 Å². The van der Waals surface area contributed by atoms with Gasteiger partial charge in [0.2, 0.25) is 0 Å². The maximum atomic E-state index is 3.75. The third kappa shape index (κ3) is 2.71. The Labute approximate surface area is 123 Å². The monoisotopic (exact) mass is 272 g/mol. The highest BCUT2D eigenvalue weighted by molar-refractivity contribution is 5.49. The number of nitrogens with one attached hydrogen (secondary N) is 1. The highest BCUT2D eigenvalue weighted by atomic mass is 15.2. The molecule has 0 spiro atoms. The Bertz CT molecular complexity index is 467. The van der Waals surface area contributed by atoms with Gasteiger partial charge in [0, 0.05) is 30.9 Å². The van der Waals surface area contributed by atoms with Crippen molar-refractivity contribution in [3.8, 4) is 0 Å². The minimum atomic E-state index is 0.241. The quantitative estimate of drug-likeness (QED) is 0.885. The van der Waals surface area contributed by atoms with Crippen LogP contribution < -0.4 is 10.2 Å². The summed E-state index contributed by atoms with van der Waals surface area (Å²) in [5, 5.41) is 3.75. The lowest BCUT2D eigenvalue weighted by molar-refractivity contribution is 0.285. The average molecular weight is 272 g/mol. The van der Waals surface area contributed by atoms with Crippen LogP contribution >= 0.6 is 0 Å². The second-order valence-electron chi connectivity index (χ2n) is 7.84. The molecule has 1 atom stereocenters. The molecule has 1 N–H and O–H groups in total. The molecule has 20 heavy (non-hydrogen) atoms. The second kappa shape index (κ2) is 4.77. The van der Waals surface area contributed by atoms with E-state index in [0.29, 0.717) is 5.54 Å². The molecular formula is C18H28N2. The number of nitrogens with zero attached hydrogens (tertiary/aromatic N) is 1. The van der Waals surface area contributed by atoms with E-state index in [2.05, 4.69) is 62.2 Å². The summed E-state index contributed by atoms with van der Waals surface area (Å²) in [6, 6.07) is 9.20. The first-order valence-corrected chi connectivity index (χ1v) is 7.99. The van der Waals surface area contributed by atoms with E-state index < -0.39 is 0 Å². The fourth-order valence-corrected chi connectivity index (χ4v) is 3.39. The number of hydrogen-bond donors (Lipinski definition) is 1. The summed E-state index contributed by atoms with van der Waals surface area (Å²) in [5.74, 6) is 0.888. The summed E-state index contributed by atoms with van der Waals surface area (Å²) in [5.41, 5.74) is 3.36. The van der Waals surface area contributed by atoms with E-state index in [4.69, 9.17) is 0 Å². The van der Waals surface area contributed by atoms with E-state index in [1.165, 1.54) is 24.1 Å². The van der Waals surface area contributed by atoms with Gasteiger partial charge in [0.25, 0.3) is 0 Å². The molecule has 1 heterocycles. The highest BCUT2D eigenvalue weighted by Gasteiger charge is 2.43. The Hall–Kier alpha value is -1.02. The first-order chi connectivity index (χ1) is 9.38. The molecule has 2 heteroatoms. The molecule has 1 aliphatic heterocycles. The molecule has 2 aliphatic rings. The van der Waals surface area contributed by atoms with Gasteiger partial charge in [0.1, 0.15) is 0 Å². The van der Waals surface area contributed by atoms with Crippen LogP contribution in [0.15, 0.2) is 24.3 Å². The molecule has 2 fully saturated rings. The fourth-order valence-electron chi connectivity index (χ4n) is 3.39. The molecule has 3 rings (SSSR count). The van der Waals surface area contributed by atoms with Crippen molar-refractivity contribution in [1.82, 2.24) is 5.32 Å². The molecule has 0 amide bonds. The standard InChI is InChI=1S/C18H28N2/c1-17(2,3)14-7-9-16(10-8-14)20-12-11-19-18(4,13-20)15-5-6-15/h7-10,15,19H,5-6,11-13H2,1-4H3. The zero-order valence-electron chi connectivity index (χ0n) is 13.4. The SMILES string of the molecule is CC(C)(C)c1ccc(N2CCNC(C)(C3CC3)C2)cc1. The van der Waals surface area contributed by atoms with Crippen molar-refractivity contribution in [2.45, 2.75) is 51.5 Å². The summed E-state index contributed by atoms with van der Waals surface area (Å²) in [6.07, 6.45) is 2.81. The minimum absolute atomic E-state index is 0.241. The van der Waals surface area contributed by atoms with Gasteiger partial charge in [-0.3, -0.25) is 0 Å². The van der Waals surface area contributed by atoms with Crippen LogP contribution in [0.1, 0.15) is 46.1 Å². The molecule has 110 valence electrons. The van der Waals surface area contributed by atoms with Crippen LogP contribution in [0.4, 0.5) is 5.69 Å². The molecule has 0 aromatic heterocycles. The number of piperazine rings is 1. The highest BCUT2D eigenvalue weighted by Crippen LogP contribution is 2.41. The Morgan fingerprint density at radius 1 is 1.15 bits per heavy atom. The minimum Gasteiger partial charge on any atom is -0.368 e. The molecule has 1 aromatic rings. The van der Waals surface area contributed by atoms with Gasteiger partial charge in [-0.05, 0) is 48.8 Å². The predicted molar refractivity (Wildman–Crippen MR) is 86.5 cm³/mol. The Morgan fingerprint density at radius 3 is 2.35 bits per heavy atom. The third-order valence-electron chi connectivity index (χ3n) is 5.01. The topological polar surface area (TPSA) is 15.3 Å². The molecular weight excluding hydrogens is 244 g/mol. The molecule has 1 unspecified atom stereocenters. The van der Waals surface area contributed by atoms with Crippen LogP contribution in [-0.2, 0) is 5.41 Å². The second-order valence-corrected chi connectivity index (χ2v) is 7.84. The number of anilines is 1. The van der Waals surface area contributed by atoms with Gasteiger partial charge in [-0.1, -0.05) is 32.9 Å².